The Morgan fingerprint density at radius 1 is 1.03 bits per heavy atom. The van der Waals surface area contributed by atoms with E-state index < -0.39 is 23.8 Å². The first-order valence-electron chi connectivity index (χ1n) is 9.73. The third-order valence-electron chi connectivity index (χ3n) is 4.39. The number of hydrogen-bond donors (Lipinski definition) is 1. The van der Waals surface area contributed by atoms with Gasteiger partial charge in [0, 0.05) is 23.0 Å². The van der Waals surface area contributed by atoms with Gasteiger partial charge in [-0.05, 0) is 33.8 Å². The summed E-state index contributed by atoms with van der Waals surface area (Å²) >= 11 is 0. The van der Waals surface area contributed by atoms with E-state index in [0.717, 1.165) is 0 Å². The lowest BCUT2D eigenvalue weighted by molar-refractivity contribution is -0.605. The Kier molecular flexibility index (Phi) is 7.97. The summed E-state index contributed by atoms with van der Waals surface area (Å²) in [4.78, 5) is 37.8. The molecule has 0 fully saturated rings. The van der Waals surface area contributed by atoms with Gasteiger partial charge in [0.15, 0.2) is 12.4 Å². The second-order valence-electron chi connectivity index (χ2n) is 6.41. The van der Waals surface area contributed by atoms with Crippen LogP contribution in [0.4, 0.5) is 0 Å². The van der Waals surface area contributed by atoms with Gasteiger partial charge in [-0.1, -0.05) is 0 Å². The van der Waals surface area contributed by atoms with Crippen LogP contribution in [0.5, 0.6) is 0 Å². The Bertz CT molecular complexity index is 889. The van der Waals surface area contributed by atoms with Crippen LogP contribution in [-0.2, 0) is 28.6 Å². The molecule has 1 atom stereocenters. The number of ether oxygens (including phenoxy) is 3. The fraction of sp³-hybridized carbons (Fsp3) is 0.429. The molecule has 1 aliphatic heterocycles. The molecular formula is C21H26N2O7. The summed E-state index contributed by atoms with van der Waals surface area (Å²) in [6, 6.07) is 3.13. The first kappa shape index (κ1) is 22.9. The number of nitrogens with one attached hydrogen (secondary N) is 1. The number of allylic oxidation sites excluding steroid dienone is 1. The number of aromatic nitrogens is 1. The normalized spacial score (nSPS) is 16.1. The van der Waals surface area contributed by atoms with Crippen molar-refractivity contribution in [3.05, 3.63) is 57.8 Å². The molecule has 1 aromatic heterocycles. The van der Waals surface area contributed by atoms with Crippen molar-refractivity contribution in [3.8, 4) is 0 Å². The van der Waals surface area contributed by atoms with Crippen LogP contribution in [0.1, 0.15) is 45.6 Å². The summed E-state index contributed by atoms with van der Waals surface area (Å²) < 4.78 is 16.0. The van der Waals surface area contributed by atoms with Crippen LogP contribution in [0.25, 0.3) is 0 Å². The van der Waals surface area contributed by atoms with E-state index in [0.29, 0.717) is 16.0 Å². The zero-order chi connectivity index (χ0) is 22.3. The molecule has 0 saturated carbocycles. The number of carbonyl (C=O) groups excluding carboxylic acids is 3. The first-order chi connectivity index (χ1) is 14.3. The average Bonchev–Trinajstić information content (AvgIpc) is 2.67. The summed E-state index contributed by atoms with van der Waals surface area (Å²) in [5.74, 6) is -2.83. The maximum absolute atomic E-state index is 12.9. The minimum absolute atomic E-state index is 0.0600. The van der Waals surface area contributed by atoms with Crippen LogP contribution < -0.4 is 10.0 Å². The summed E-state index contributed by atoms with van der Waals surface area (Å²) in [6.07, 6.45) is 2.33. The standard InChI is InChI=1S/C21H26N2O7/c1-5-28-16(24)11-15-19(21(26)30-7-3)18(14-9-8-10-23(27)12-14)17(13(4)22-15)20(25)29-6-2/h8-10,12,18,22H,5-7,11H2,1-4H3. The maximum Gasteiger partial charge on any atom is 0.336 e. The summed E-state index contributed by atoms with van der Waals surface area (Å²) in [7, 11) is 0. The first-order valence-corrected chi connectivity index (χ1v) is 9.73. The van der Waals surface area contributed by atoms with Gasteiger partial charge in [-0.3, -0.25) is 4.79 Å². The molecule has 1 aliphatic rings. The van der Waals surface area contributed by atoms with Gasteiger partial charge in [-0.25, -0.2) is 9.59 Å². The van der Waals surface area contributed by atoms with Crippen LogP contribution in [0.3, 0.4) is 0 Å². The third kappa shape index (κ3) is 5.16. The van der Waals surface area contributed by atoms with Crippen molar-refractivity contribution >= 4 is 17.9 Å². The predicted octanol–water partition coefficient (Wildman–Crippen LogP) is 1.61. The SMILES string of the molecule is CCOC(=O)CC1=C(C(=O)OCC)C(c2ccc[n+]([O-])c2)C(C(=O)OCC)=C(C)N1. The lowest BCUT2D eigenvalue weighted by Crippen LogP contribution is -2.35. The monoisotopic (exact) mass is 418 g/mol. The molecular weight excluding hydrogens is 392 g/mol. The van der Waals surface area contributed by atoms with E-state index in [-0.39, 0.29) is 43.1 Å². The van der Waals surface area contributed by atoms with Gasteiger partial charge in [0.25, 0.3) is 0 Å². The smallest absolute Gasteiger partial charge is 0.336 e. The Morgan fingerprint density at radius 3 is 2.20 bits per heavy atom. The molecule has 9 nitrogen and oxygen atoms in total. The van der Waals surface area contributed by atoms with Crippen LogP contribution in [0.2, 0.25) is 0 Å². The van der Waals surface area contributed by atoms with Crippen LogP contribution in [0, 0.1) is 5.21 Å². The zero-order valence-corrected chi connectivity index (χ0v) is 17.5. The fourth-order valence-electron chi connectivity index (χ4n) is 3.30. The number of rotatable bonds is 8. The van der Waals surface area contributed by atoms with Crippen LogP contribution in [0.15, 0.2) is 47.1 Å². The van der Waals surface area contributed by atoms with Crippen LogP contribution in [-0.4, -0.2) is 37.7 Å². The number of pyridine rings is 1. The van der Waals surface area contributed by atoms with Crippen molar-refractivity contribution in [2.24, 2.45) is 0 Å². The highest BCUT2D eigenvalue weighted by Gasteiger charge is 2.40. The highest BCUT2D eigenvalue weighted by molar-refractivity contribution is 6.00. The van der Waals surface area contributed by atoms with Gasteiger partial charge < -0.3 is 24.7 Å². The number of nitrogens with zero attached hydrogens (tertiary/aromatic N) is 1. The highest BCUT2D eigenvalue weighted by atomic mass is 16.5. The molecule has 0 aromatic carbocycles. The molecule has 0 bridgehead atoms. The largest absolute Gasteiger partial charge is 0.619 e. The van der Waals surface area contributed by atoms with E-state index >= 15 is 0 Å². The second-order valence-corrected chi connectivity index (χ2v) is 6.41. The zero-order valence-electron chi connectivity index (χ0n) is 17.5. The van der Waals surface area contributed by atoms with E-state index in [1.165, 1.54) is 18.5 Å². The number of carbonyl (C=O) groups is 3. The van der Waals surface area contributed by atoms with Crippen molar-refractivity contribution in [3.63, 3.8) is 0 Å². The van der Waals surface area contributed by atoms with E-state index in [9.17, 15) is 19.6 Å². The Labute approximate surface area is 174 Å². The fourth-order valence-corrected chi connectivity index (χ4v) is 3.30. The molecule has 2 rings (SSSR count). The molecule has 1 unspecified atom stereocenters. The molecule has 0 amide bonds. The Hall–Kier alpha value is -3.36. The third-order valence-corrected chi connectivity index (χ3v) is 4.39. The molecule has 0 aliphatic carbocycles. The number of dihydropyridines is 1. The Balaban J connectivity index is 2.70. The van der Waals surface area contributed by atoms with Crippen molar-refractivity contribution in [1.82, 2.24) is 5.32 Å². The van der Waals surface area contributed by atoms with Gasteiger partial charge in [-0.2, -0.15) is 4.73 Å². The van der Waals surface area contributed by atoms with Gasteiger partial charge in [0.1, 0.15) is 0 Å². The lowest BCUT2D eigenvalue weighted by atomic mass is 9.80. The van der Waals surface area contributed by atoms with Crippen LogP contribution >= 0.6 is 0 Å². The average molecular weight is 418 g/mol. The maximum atomic E-state index is 12.9. The van der Waals surface area contributed by atoms with Crippen molar-refractivity contribution in [1.29, 1.82) is 0 Å². The van der Waals surface area contributed by atoms with E-state index in [4.69, 9.17) is 14.2 Å². The summed E-state index contributed by atoms with van der Waals surface area (Å²) in [6.45, 7) is 7.04. The topological polar surface area (TPSA) is 118 Å². The molecule has 9 heteroatoms. The quantitative estimate of drug-likeness (QED) is 0.293. The molecule has 1 N–H and O–H groups in total. The Morgan fingerprint density at radius 2 is 1.63 bits per heavy atom. The van der Waals surface area contributed by atoms with E-state index in [1.54, 1.807) is 33.8 Å². The van der Waals surface area contributed by atoms with Gasteiger partial charge in [0.2, 0.25) is 0 Å². The van der Waals surface area contributed by atoms with Crippen molar-refractivity contribution in [2.45, 2.75) is 40.0 Å². The number of hydrogen-bond acceptors (Lipinski definition) is 8. The van der Waals surface area contributed by atoms with E-state index in [2.05, 4.69) is 5.32 Å². The minimum Gasteiger partial charge on any atom is -0.619 e. The second kappa shape index (κ2) is 10.4. The number of esters is 3. The molecule has 0 radical (unpaired) electrons. The summed E-state index contributed by atoms with van der Waals surface area (Å²) in [5, 5.41) is 14.9. The van der Waals surface area contributed by atoms with Gasteiger partial charge >= 0.3 is 17.9 Å². The molecule has 1 aromatic rings. The molecule has 162 valence electrons. The van der Waals surface area contributed by atoms with E-state index in [1.807, 2.05) is 0 Å². The molecule has 0 saturated heterocycles. The molecule has 2 heterocycles. The van der Waals surface area contributed by atoms with Crippen molar-refractivity contribution < 1.29 is 33.3 Å². The summed E-state index contributed by atoms with van der Waals surface area (Å²) in [5.41, 5.74) is 1.28. The molecule has 30 heavy (non-hydrogen) atoms. The van der Waals surface area contributed by atoms with Gasteiger partial charge in [0.05, 0.1) is 43.3 Å². The minimum atomic E-state index is -0.949. The predicted molar refractivity (Wildman–Crippen MR) is 106 cm³/mol. The van der Waals surface area contributed by atoms with Gasteiger partial charge in [-0.15, -0.1) is 0 Å². The van der Waals surface area contributed by atoms with Crippen molar-refractivity contribution in [2.75, 3.05) is 19.8 Å². The lowest BCUT2D eigenvalue weighted by Gasteiger charge is -2.30. The highest BCUT2D eigenvalue weighted by Crippen LogP contribution is 2.39. The molecule has 0 spiro atoms.